The lowest BCUT2D eigenvalue weighted by Crippen LogP contribution is -2.51. The Morgan fingerprint density at radius 3 is 2.64 bits per heavy atom. The highest BCUT2D eigenvalue weighted by atomic mass is 127. The van der Waals surface area contributed by atoms with E-state index >= 15 is 0 Å². The number of benzene rings is 1. The molecule has 33 heavy (non-hydrogen) atoms. The maximum atomic E-state index is 6.19. The number of nitrogens with one attached hydrogen (secondary N) is 1. The van der Waals surface area contributed by atoms with E-state index in [9.17, 15) is 0 Å². The highest BCUT2D eigenvalue weighted by Crippen LogP contribution is 2.21. The van der Waals surface area contributed by atoms with Gasteiger partial charge in [-0.15, -0.1) is 24.0 Å². The van der Waals surface area contributed by atoms with E-state index in [2.05, 4.69) is 51.3 Å². The predicted molar refractivity (Wildman–Crippen MR) is 146 cm³/mol. The molecule has 3 aliphatic rings. The molecule has 4 rings (SSSR count). The Morgan fingerprint density at radius 1 is 1.15 bits per heavy atom. The van der Waals surface area contributed by atoms with E-state index < -0.39 is 0 Å². The number of hydrogen-bond donors (Lipinski definition) is 1. The Balaban J connectivity index is 0.00000306. The summed E-state index contributed by atoms with van der Waals surface area (Å²) in [5.74, 6) is 1.04. The molecular formula is C26H43IN4O2. The van der Waals surface area contributed by atoms with Crippen molar-refractivity contribution in [3.8, 4) is 0 Å². The van der Waals surface area contributed by atoms with Gasteiger partial charge in [-0.1, -0.05) is 31.2 Å². The molecular weight excluding hydrogens is 527 g/mol. The molecule has 2 fully saturated rings. The van der Waals surface area contributed by atoms with E-state index in [0.717, 1.165) is 84.0 Å². The van der Waals surface area contributed by atoms with Crippen molar-refractivity contribution in [2.45, 2.75) is 76.7 Å². The number of guanidine groups is 1. The minimum atomic E-state index is 0. The van der Waals surface area contributed by atoms with Crippen LogP contribution in [-0.2, 0) is 22.4 Å². The Morgan fingerprint density at radius 2 is 1.94 bits per heavy atom. The Bertz CT molecular complexity index is 733. The third kappa shape index (κ3) is 7.54. The number of likely N-dealkylation sites (tertiary alicyclic amines) is 1. The van der Waals surface area contributed by atoms with Crippen molar-refractivity contribution in [3.05, 3.63) is 35.4 Å². The third-order valence-electron chi connectivity index (χ3n) is 7.39. The summed E-state index contributed by atoms with van der Waals surface area (Å²) in [6.07, 6.45) is 8.71. The summed E-state index contributed by atoms with van der Waals surface area (Å²) in [5.41, 5.74) is 3.00. The molecule has 186 valence electrons. The number of nitrogens with zero attached hydrogens (tertiary/aromatic N) is 3. The number of piperidine rings is 1. The van der Waals surface area contributed by atoms with Crippen LogP contribution in [0.1, 0.15) is 56.6 Å². The highest BCUT2D eigenvalue weighted by Gasteiger charge is 2.26. The quantitative estimate of drug-likeness (QED) is 0.305. The van der Waals surface area contributed by atoms with Crippen molar-refractivity contribution in [1.82, 2.24) is 15.1 Å². The van der Waals surface area contributed by atoms with E-state index in [1.807, 2.05) is 7.05 Å². The lowest BCUT2D eigenvalue weighted by molar-refractivity contribution is -0.0721. The Labute approximate surface area is 217 Å². The largest absolute Gasteiger partial charge is 0.376 e. The van der Waals surface area contributed by atoms with Gasteiger partial charge in [0.25, 0.3) is 0 Å². The molecule has 1 aromatic rings. The Kier molecular flexibility index (Phi) is 11.2. The van der Waals surface area contributed by atoms with E-state index in [-0.39, 0.29) is 24.0 Å². The van der Waals surface area contributed by atoms with Crippen molar-refractivity contribution >= 4 is 29.9 Å². The summed E-state index contributed by atoms with van der Waals surface area (Å²) in [6, 6.07) is 9.42. The van der Waals surface area contributed by atoms with Gasteiger partial charge >= 0.3 is 0 Å². The maximum absolute atomic E-state index is 6.19. The molecule has 0 spiro atoms. The molecule has 0 aliphatic carbocycles. The van der Waals surface area contributed by atoms with Gasteiger partial charge in [0.05, 0.1) is 18.8 Å². The van der Waals surface area contributed by atoms with Gasteiger partial charge in [0, 0.05) is 52.4 Å². The SMILES string of the molecule is CCC(CNC(=NC)N1CCC(OCC2CCCCO2)CC1)N1CCc2ccccc2C1.I. The smallest absolute Gasteiger partial charge is 0.193 e. The standard InChI is InChI=1S/C26H42N4O2.HI/c1-3-23(30-14-11-21-8-4-5-9-22(21)19-30)18-28-26(27-2)29-15-12-24(13-16-29)32-20-25-10-6-7-17-31-25;/h4-5,8-9,23-25H,3,6-7,10-20H2,1-2H3,(H,27,28);1H. The molecule has 2 saturated heterocycles. The van der Waals surface area contributed by atoms with Crippen molar-refractivity contribution < 1.29 is 9.47 Å². The molecule has 0 radical (unpaired) electrons. The summed E-state index contributed by atoms with van der Waals surface area (Å²) >= 11 is 0. The number of fused-ring (bicyclic) bond motifs is 1. The second kappa shape index (κ2) is 13.9. The highest BCUT2D eigenvalue weighted by molar-refractivity contribution is 14.0. The molecule has 7 heteroatoms. The van der Waals surface area contributed by atoms with E-state index in [4.69, 9.17) is 9.47 Å². The molecule has 0 saturated carbocycles. The Hall–Kier alpha value is -0.900. The molecule has 2 unspecified atom stereocenters. The molecule has 2 atom stereocenters. The molecule has 6 nitrogen and oxygen atoms in total. The molecule has 3 heterocycles. The average molecular weight is 571 g/mol. The number of ether oxygens (including phenoxy) is 2. The topological polar surface area (TPSA) is 49.3 Å². The monoisotopic (exact) mass is 570 g/mol. The van der Waals surface area contributed by atoms with Crippen LogP contribution in [0.4, 0.5) is 0 Å². The zero-order chi connectivity index (χ0) is 22.2. The first-order valence-corrected chi connectivity index (χ1v) is 12.8. The average Bonchev–Trinajstić information content (AvgIpc) is 2.86. The summed E-state index contributed by atoms with van der Waals surface area (Å²) in [4.78, 5) is 9.63. The minimum absolute atomic E-state index is 0. The van der Waals surface area contributed by atoms with Gasteiger partial charge in [0.15, 0.2) is 5.96 Å². The lowest BCUT2D eigenvalue weighted by atomic mass is 9.98. The van der Waals surface area contributed by atoms with Gasteiger partial charge in [0.1, 0.15) is 0 Å². The molecule has 3 aliphatic heterocycles. The first-order valence-electron chi connectivity index (χ1n) is 12.8. The molecule has 0 amide bonds. The normalized spacial score (nSPS) is 23.5. The second-order valence-electron chi connectivity index (χ2n) is 9.49. The van der Waals surface area contributed by atoms with E-state index in [0.29, 0.717) is 18.2 Å². The first-order chi connectivity index (χ1) is 15.8. The van der Waals surface area contributed by atoms with Crippen LogP contribution in [0.3, 0.4) is 0 Å². The number of hydrogen-bond acceptors (Lipinski definition) is 4. The van der Waals surface area contributed by atoms with Crippen molar-refractivity contribution in [2.75, 3.05) is 46.4 Å². The fraction of sp³-hybridized carbons (Fsp3) is 0.731. The van der Waals surface area contributed by atoms with Crippen LogP contribution in [-0.4, -0.2) is 80.4 Å². The number of halogens is 1. The van der Waals surface area contributed by atoms with Crippen LogP contribution in [0.25, 0.3) is 0 Å². The van der Waals surface area contributed by atoms with Crippen molar-refractivity contribution in [3.63, 3.8) is 0 Å². The van der Waals surface area contributed by atoms with Crippen LogP contribution >= 0.6 is 24.0 Å². The van der Waals surface area contributed by atoms with Crippen LogP contribution in [0.2, 0.25) is 0 Å². The summed E-state index contributed by atoms with van der Waals surface area (Å²) < 4.78 is 12.0. The molecule has 0 aromatic heterocycles. The van der Waals surface area contributed by atoms with E-state index in [1.165, 1.54) is 24.0 Å². The summed E-state index contributed by atoms with van der Waals surface area (Å²) in [7, 11) is 1.91. The van der Waals surface area contributed by atoms with Gasteiger partial charge in [0.2, 0.25) is 0 Å². The maximum Gasteiger partial charge on any atom is 0.193 e. The van der Waals surface area contributed by atoms with Crippen LogP contribution in [0.5, 0.6) is 0 Å². The zero-order valence-electron chi connectivity index (χ0n) is 20.5. The molecule has 1 N–H and O–H groups in total. The van der Waals surface area contributed by atoms with Gasteiger partial charge < -0.3 is 19.7 Å². The van der Waals surface area contributed by atoms with Gasteiger partial charge in [-0.3, -0.25) is 9.89 Å². The third-order valence-corrected chi connectivity index (χ3v) is 7.39. The molecule has 0 bridgehead atoms. The lowest BCUT2D eigenvalue weighted by Gasteiger charge is -2.38. The minimum Gasteiger partial charge on any atom is -0.376 e. The van der Waals surface area contributed by atoms with Gasteiger partial charge in [-0.25, -0.2) is 0 Å². The summed E-state index contributed by atoms with van der Waals surface area (Å²) in [5, 5.41) is 3.68. The number of rotatable bonds is 7. The molecule has 1 aromatic carbocycles. The predicted octanol–water partition coefficient (Wildman–Crippen LogP) is 4.07. The fourth-order valence-corrected chi connectivity index (χ4v) is 5.32. The van der Waals surface area contributed by atoms with Crippen molar-refractivity contribution in [2.24, 2.45) is 4.99 Å². The first kappa shape index (κ1) is 26.7. The zero-order valence-corrected chi connectivity index (χ0v) is 22.8. The fourth-order valence-electron chi connectivity index (χ4n) is 5.32. The van der Waals surface area contributed by atoms with Crippen LogP contribution < -0.4 is 5.32 Å². The number of aliphatic imine (C=N–C) groups is 1. The van der Waals surface area contributed by atoms with Crippen LogP contribution in [0, 0.1) is 0 Å². The van der Waals surface area contributed by atoms with Gasteiger partial charge in [-0.05, 0) is 56.1 Å². The van der Waals surface area contributed by atoms with Crippen LogP contribution in [0.15, 0.2) is 29.3 Å². The summed E-state index contributed by atoms with van der Waals surface area (Å²) in [6.45, 7) is 9.11. The van der Waals surface area contributed by atoms with Crippen molar-refractivity contribution in [1.29, 1.82) is 0 Å². The van der Waals surface area contributed by atoms with E-state index in [1.54, 1.807) is 0 Å². The van der Waals surface area contributed by atoms with Gasteiger partial charge in [-0.2, -0.15) is 0 Å². The second-order valence-corrected chi connectivity index (χ2v) is 9.49.